The maximum Gasteiger partial charge on any atom is 0.277 e. The van der Waals surface area contributed by atoms with Gasteiger partial charge >= 0.3 is 0 Å². The van der Waals surface area contributed by atoms with E-state index < -0.39 is 5.91 Å². The van der Waals surface area contributed by atoms with E-state index in [9.17, 15) is 9.59 Å². The molecule has 2 aromatic carbocycles. The van der Waals surface area contributed by atoms with Gasteiger partial charge in [-0.3, -0.25) is 14.9 Å². The summed E-state index contributed by atoms with van der Waals surface area (Å²) in [6.07, 6.45) is 0. The van der Waals surface area contributed by atoms with Crippen molar-refractivity contribution in [1.82, 2.24) is 14.8 Å². The van der Waals surface area contributed by atoms with E-state index in [4.69, 9.17) is 0 Å². The quantitative estimate of drug-likeness (QED) is 0.472. The molecule has 7 heteroatoms. The number of thiazole rings is 1. The van der Waals surface area contributed by atoms with Crippen molar-refractivity contribution < 1.29 is 4.79 Å². The second kappa shape index (κ2) is 8.88. The molecule has 6 nitrogen and oxygen atoms in total. The van der Waals surface area contributed by atoms with Crippen molar-refractivity contribution in [2.24, 2.45) is 0 Å². The third kappa shape index (κ3) is 5.00. The summed E-state index contributed by atoms with van der Waals surface area (Å²) in [5.41, 5.74) is 3.96. The molecule has 1 amide bonds. The van der Waals surface area contributed by atoms with Crippen LogP contribution in [0.2, 0.25) is 0 Å². The van der Waals surface area contributed by atoms with Crippen LogP contribution in [0.1, 0.15) is 42.4 Å². The molecule has 0 bridgehead atoms. The highest BCUT2D eigenvalue weighted by molar-refractivity contribution is 7.14. The Labute approximate surface area is 190 Å². The Bertz CT molecular complexity index is 1290. The van der Waals surface area contributed by atoms with Crippen LogP contribution in [-0.2, 0) is 12.0 Å². The van der Waals surface area contributed by atoms with E-state index in [1.165, 1.54) is 33.7 Å². The van der Waals surface area contributed by atoms with Crippen LogP contribution in [0.3, 0.4) is 0 Å². The van der Waals surface area contributed by atoms with E-state index in [-0.39, 0.29) is 16.7 Å². The molecule has 0 saturated carbocycles. The number of nitrogens with one attached hydrogen (secondary N) is 1. The standard InChI is InChI=1S/C25H24N4O2S/c1-25(2,3)19-11-9-18(10-12-19)21-16-32-24(26-21)27-23(31)20-13-14-22(30)29(28-20)15-17-7-5-4-6-8-17/h4-14,16H,15H2,1-3H3,(H,26,27,31). The van der Waals surface area contributed by atoms with Crippen LogP contribution < -0.4 is 10.9 Å². The number of amides is 1. The van der Waals surface area contributed by atoms with Crippen LogP contribution in [0, 0.1) is 0 Å². The van der Waals surface area contributed by atoms with E-state index in [0.29, 0.717) is 11.7 Å². The van der Waals surface area contributed by atoms with Gasteiger partial charge in [0.2, 0.25) is 0 Å². The molecular formula is C25H24N4O2S. The molecule has 0 unspecified atom stereocenters. The largest absolute Gasteiger partial charge is 0.296 e. The van der Waals surface area contributed by atoms with Gasteiger partial charge in [-0.25, -0.2) is 9.67 Å². The third-order valence-corrected chi connectivity index (χ3v) is 5.80. The van der Waals surface area contributed by atoms with Crippen LogP contribution in [0.4, 0.5) is 5.13 Å². The molecule has 162 valence electrons. The highest BCUT2D eigenvalue weighted by Crippen LogP contribution is 2.28. The molecule has 0 fully saturated rings. The monoisotopic (exact) mass is 444 g/mol. The van der Waals surface area contributed by atoms with Gasteiger partial charge in [0.25, 0.3) is 11.5 Å². The lowest BCUT2D eigenvalue weighted by Gasteiger charge is -2.18. The Kier molecular flexibility index (Phi) is 6.01. The number of hydrogen-bond donors (Lipinski definition) is 1. The fourth-order valence-corrected chi connectivity index (χ4v) is 3.92. The summed E-state index contributed by atoms with van der Waals surface area (Å²) in [6.45, 7) is 6.83. The van der Waals surface area contributed by atoms with Crippen LogP contribution in [0.25, 0.3) is 11.3 Å². The molecule has 1 N–H and O–H groups in total. The van der Waals surface area contributed by atoms with Gasteiger partial charge in [0, 0.05) is 17.0 Å². The molecule has 0 radical (unpaired) electrons. The molecule has 0 saturated heterocycles. The lowest BCUT2D eigenvalue weighted by atomic mass is 9.86. The Morgan fingerprint density at radius 1 is 1.00 bits per heavy atom. The molecule has 2 aromatic heterocycles. The van der Waals surface area contributed by atoms with Crippen molar-refractivity contribution in [3.8, 4) is 11.3 Å². The molecule has 0 spiro atoms. The zero-order chi connectivity index (χ0) is 22.7. The first-order valence-electron chi connectivity index (χ1n) is 10.3. The number of anilines is 1. The summed E-state index contributed by atoms with van der Waals surface area (Å²) in [4.78, 5) is 29.4. The molecule has 0 atom stereocenters. The molecular weight excluding hydrogens is 420 g/mol. The minimum Gasteiger partial charge on any atom is -0.296 e. The minimum absolute atomic E-state index is 0.0871. The number of benzene rings is 2. The summed E-state index contributed by atoms with van der Waals surface area (Å²) in [5, 5.41) is 9.40. The maximum absolute atomic E-state index is 12.7. The lowest BCUT2D eigenvalue weighted by molar-refractivity contribution is 0.102. The minimum atomic E-state index is -0.407. The summed E-state index contributed by atoms with van der Waals surface area (Å²) >= 11 is 1.35. The van der Waals surface area contributed by atoms with Gasteiger partial charge in [-0.2, -0.15) is 5.10 Å². The first-order valence-corrected chi connectivity index (χ1v) is 11.2. The molecule has 0 aliphatic carbocycles. The molecule has 0 aliphatic rings. The van der Waals surface area contributed by atoms with Crippen LogP contribution >= 0.6 is 11.3 Å². The Morgan fingerprint density at radius 2 is 1.72 bits per heavy atom. The number of carbonyl (C=O) groups is 1. The van der Waals surface area contributed by atoms with Gasteiger partial charge < -0.3 is 0 Å². The van der Waals surface area contributed by atoms with E-state index in [1.54, 1.807) is 0 Å². The van der Waals surface area contributed by atoms with Gasteiger partial charge in [0.1, 0.15) is 5.69 Å². The lowest BCUT2D eigenvalue weighted by Crippen LogP contribution is -2.26. The van der Waals surface area contributed by atoms with E-state index in [1.807, 2.05) is 47.8 Å². The third-order valence-electron chi connectivity index (χ3n) is 5.05. The molecule has 4 aromatic rings. The highest BCUT2D eigenvalue weighted by atomic mass is 32.1. The van der Waals surface area contributed by atoms with Crippen LogP contribution in [0.5, 0.6) is 0 Å². The van der Waals surface area contributed by atoms with Crippen molar-refractivity contribution >= 4 is 22.4 Å². The van der Waals surface area contributed by atoms with Crippen molar-refractivity contribution in [2.45, 2.75) is 32.7 Å². The predicted octanol–water partition coefficient (Wildman–Crippen LogP) is 4.96. The fraction of sp³-hybridized carbons (Fsp3) is 0.200. The van der Waals surface area contributed by atoms with Crippen molar-refractivity contribution in [3.63, 3.8) is 0 Å². The topological polar surface area (TPSA) is 76.9 Å². The molecule has 32 heavy (non-hydrogen) atoms. The van der Waals surface area contributed by atoms with E-state index in [0.717, 1.165) is 16.8 Å². The summed E-state index contributed by atoms with van der Waals surface area (Å²) in [7, 11) is 0. The zero-order valence-corrected chi connectivity index (χ0v) is 19.0. The zero-order valence-electron chi connectivity index (χ0n) is 18.2. The SMILES string of the molecule is CC(C)(C)c1ccc(-c2csc(NC(=O)c3ccc(=O)n(Cc4ccccc4)n3)n2)cc1. The molecule has 4 rings (SSSR count). The van der Waals surface area contributed by atoms with Gasteiger partial charge in [0.15, 0.2) is 5.13 Å². The Morgan fingerprint density at radius 3 is 2.41 bits per heavy atom. The Balaban J connectivity index is 1.48. The van der Waals surface area contributed by atoms with Gasteiger partial charge in [0.05, 0.1) is 12.2 Å². The number of hydrogen-bond acceptors (Lipinski definition) is 5. The van der Waals surface area contributed by atoms with E-state index >= 15 is 0 Å². The van der Waals surface area contributed by atoms with Crippen molar-refractivity contribution in [3.05, 3.63) is 99.3 Å². The number of rotatable bonds is 5. The van der Waals surface area contributed by atoms with Gasteiger partial charge in [-0.1, -0.05) is 75.4 Å². The first-order chi connectivity index (χ1) is 15.3. The average Bonchev–Trinajstić information content (AvgIpc) is 3.24. The smallest absolute Gasteiger partial charge is 0.277 e. The summed E-state index contributed by atoms with van der Waals surface area (Å²) < 4.78 is 1.29. The number of carbonyl (C=O) groups excluding carboxylic acids is 1. The van der Waals surface area contributed by atoms with E-state index in [2.05, 4.69) is 48.3 Å². The fourth-order valence-electron chi connectivity index (χ4n) is 3.21. The first kappa shape index (κ1) is 21.6. The normalized spacial score (nSPS) is 11.3. The average molecular weight is 445 g/mol. The Hall–Kier alpha value is -3.58. The highest BCUT2D eigenvalue weighted by Gasteiger charge is 2.15. The van der Waals surface area contributed by atoms with Crippen molar-refractivity contribution in [2.75, 3.05) is 5.32 Å². The van der Waals surface area contributed by atoms with Crippen LogP contribution in [0.15, 0.2) is 76.9 Å². The second-order valence-corrected chi connectivity index (χ2v) is 9.38. The predicted molar refractivity (Wildman–Crippen MR) is 128 cm³/mol. The van der Waals surface area contributed by atoms with Gasteiger partial charge in [-0.05, 0) is 22.6 Å². The molecule has 2 heterocycles. The second-order valence-electron chi connectivity index (χ2n) is 8.52. The van der Waals surface area contributed by atoms with Gasteiger partial charge in [-0.15, -0.1) is 11.3 Å². The summed E-state index contributed by atoms with van der Waals surface area (Å²) in [6, 6.07) is 20.6. The van der Waals surface area contributed by atoms with Crippen molar-refractivity contribution in [1.29, 1.82) is 0 Å². The maximum atomic E-state index is 12.7. The number of aromatic nitrogens is 3. The van der Waals surface area contributed by atoms with Crippen LogP contribution in [-0.4, -0.2) is 20.7 Å². The summed E-state index contributed by atoms with van der Waals surface area (Å²) in [5.74, 6) is -0.407. The number of nitrogens with zero attached hydrogens (tertiary/aromatic N) is 3. The molecule has 0 aliphatic heterocycles.